The molecular weight excluding hydrogens is 145 g/mol. The van der Waals surface area contributed by atoms with Crippen molar-refractivity contribution >= 4 is 7.98 Å². The van der Waals surface area contributed by atoms with Crippen LogP contribution >= 0.6 is 0 Å². The van der Waals surface area contributed by atoms with Crippen molar-refractivity contribution in [1.82, 2.24) is 5.23 Å². The highest BCUT2D eigenvalue weighted by Gasteiger charge is 1.90. The summed E-state index contributed by atoms with van der Waals surface area (Å²) in [4.78, 5) is 0. The second kappa shape index (κ2) is 5.84. The van der Waals surface area contributed by atoms with Crippen molar-refractivity contribution in [2.75, 3.05) is 6.54 Å². The first-order valence-electron chi connectivity index (χ1n) is 4.41. The van der Waals surface area contributed by atoms with E-state index in [9.17, 15) is 0 Å². The van der Waals surface area contributed by atoms with E-state index in [1.54, 1.807) is 0 Å². The molecule has 1 aromatic carbocycles. The maximum absolute atomic E-state index is 5.16. The van der Waals surface area contributed by atoms with Crippen LogP contribution in [0.5, 0.6) is 0 Å². The molecule has 2 radical (unpaired) electrons. The fraction of sp³-hybridized carbons (Fsp3) is 0.400. The van der Waals surface area contributed by atoms with Crippen LogP contribution in [0.1, 0.15) is 18.4 Å². The number of rotatable bonds is 5. The van der Waals surface area contributed by atoms with E-state index in [0.717, 1.165) is 19.4 Å². The molecule has 0 saturated carbocycles. The highest BCUT2D eigenvalue weighted by Crippen LogP contribution is 2.03. The van der Waals surface area contributed by atoms with Gasteiger partial charge in [0, 0.05) is 0 Å². The highest BCUT2D eigenvalue weighted by atomic mass is 14.7. The fourth-order valence-electron chi connectivity index (χ4n) is 1.20. The van der Waals surface area contributed by atoms with E-state index < -0.39 is 0 Å². The Morgan fingerprint density at radius 1 is 1.08 bits per heavy atom. The van der Waals surface area contributed by atoms with E-state index in [2.05, 4.69) is 29.5 Å². The topological polar surface area (TPSA) is 12.0 Å². The van der Waals surface area contributed by atoms with Crippen LogP contribution in [0.15, 0.2) is 30.3 Å². The van der Waals surface area contributed by atoms with Gasteiger partial charge in [0.25, 0.3) is 0 Å². The van der Waals surface area contributed by atoms with E-state index in [1.807, 2.05) is 6.07 Å². The third kappa shape index (κ3) is 3.58. The van der Waals surface area contributed by atoms with Crippen LogP contribution in [0, 0.1) is 0 Å². The molecule has 0 heterocycles. The highest BCUT2D eigenvalue weighted by molar-refractivity contribution is 6.04. The third-order valence-electron chi connectivity index (χ3n) is 1.88. The molecule has 0 bridgehead atoms. The normalized spacial score (nSPS) is 10.0. The largest absolute Gasteiger partial charge is 0.366 e. The second-order valence-electron chi connectivity index (χ2n) is 2.90. The zero-order valence-corrected chi connectivity index (χ0v) is 7.29. The molecule has 0 atom stereocenters. The third-order valence-corrected chi connectivity index (χ3v) is 1.88. The summed E-state index contributed by atoms with van der Waals surface area (Å²) in [6.45, 7) is 0.910. The molecule has 1 N–H and O–H groups in total. The Kier molecular flexibility index (Phi) is 4.54. The van der Waals surface area contributed by atoms with Gasteiger partial charge in [-0.3, -0.25) is 0 Å². The molecule has 0 spiro atoms. The molecule has 2 heteroatoms. The number of nitrogens with one attached hydrogen (secondary N) is 1. The molecule has 0 aromatic heterocycles. The summed E-state index contributed by atoms with van der Waals surface area (Å²) >= 11 is 0. The predicted octanol–water partition coefficient (Wildman–Crippen LogP) is 1.68. The van der Waals surface area contributed by atoms with Crippen molar-refractivity contribution < 1.29 is 0 Å². The van der Waals surface area contributed by atoms with Crippen LogP contribution in [0.2, 0.25) is 0 Å². The first-order chi connectivity index (χ1) is 5.93. The minimum absolute atomic E-state index is 0.910. The van der Waals surface area contributed by atoms with Gasteiger partial charge in [-0.05, 0) is 31.4 Å². The molecule has 0 unspecified atom stereocenters. The van der Waals surface area contributed by atoms with Crippen molar-refractivity contribution in [3.63, 3.8) is 0 Å². The molecule has 1 aromatic rings. The van der Waals surface area contributed by atoms with Gasteiger partial charge in [-0.15, -0.1) is 0 Å². The SMILES string of the molecule is [B]NCCCCc1ccccc1. The summed E-state index contributed by atoms with van der Waals surface area (Å²) in [5.41, 5.74) is 1.41. The Hall–Kier alpha value is -0.755. The van der Waals surface area contributed by atoms with Crippen LogP contribution < -0.4 is 5.23 Å². The predicted molar refractivity (Wildman–Crippen MR) is 53.1 cm³/mol. The van der Waals surface area contributed by atoms with Gasteiger partial charge in [-0.2, -0.15) is 0 Å². The van der Waals surface area contributed by atoms with Gasteiger partial charge in [0.2, 0.25) is 0 Å². The molecule has 0 aliphatic heterocycles. The first kappa shape index (κ1) is 9.33. The van der Waals surface area contributed by atoms with Gasteiger partial charge in [0.15, 0.2) is 7.98 Å². The Balaban J connectivity index is 2.16. The summed E-state index contributed by atoms with van der Waals surface area (Å²) in [7, 11) is 5.16. The zero-order chi connectivity index (χ0) is 8.65. The van der Waals surface area contributed by atoms with Crippen molar-refractivity contribution in [2.24, 2.45) is 0 Å². The number of hydrogen-bond acceptors (Lipinski definition) is 1. The summed E-state index contributed by atoms with van der Waals surface area (Å²) < 4.78 is 0. The summed E-state index contributed by atoms with van der Waals surface area (Å²) in [5.74, 6) is 0. The Morgan fingerprint density at radius 3 is 2.50 bits per heavy atom. The zero-order valence-electron chi connectivity index (χ0n) is 7.29. The minimum atomic E-state index is 0.910. The molecule has 62 valence electrons. The molecule has 12 heavy (non-hydrogen) atoms. The molecule has 0 saturated heterocycles. The molecule has 0 aliphatic rings. The van der Waals surface area contributed by atoms with Crippen LogP contribution in [0.25, 0.3) is 0 Å². The van der Waals surface area contributed by atoms with E-state index in [4.69, 9.17) is 7.98 Å². The van der Waals surface area contributed by atoms with Gasteiger partial charge >= 0.3 is 0 Å². The summed E-state index contributed by atoms with van der Waals surface area (Å²) in [6, 6.07) is 10.5. The van der Waals surface area contributed by atoms with Crippen LogP contribution in [-0.2, 0) is 6.42 Å². The second-order valence-corrected chi connectivity index (χ2v) is 2.90. The van der Waals surface area contributed by atoms with Crippen molar-refractivity contribution in [3.05, 3.63) is 35.9 Å². The lowest BCUT2D eigenvalue weighted by Crippen LogP contribution is -2.09. The molecule has 0 fully saturated rings. The van der Waals surface area contributed by atoms with E-state index in [0.29, 0.717) is 0 Å². The fourth-order valence-corrected chi connectivity index (χ4v) is 1.20. The van der Waals surface area contributed by atoms with Crippen molar-refractivity contribution in [3.8, 4) is 0 Å². The Morgan fingerprint density at radius 2 is 1.83 bits per heavy atom. The molecule has 0 aliphatic carbocycles. The summed E-state index contributed by atoms with van der Waals surface area (Å²) in [6.07, 6.45) is 3.50. The van der Waals surface area contributed by atoms with E-state index in [-0.39, 0.29) is 0 Å². The average molecular weight is 159 g/mol. The van der Waals surface area contributed by atoms with Gasteiger partial charge in [-0.25, -0.2) is 0 Å². The number of hydrogen-bond donors (Lipinski definition) is 1. The van der Waals surface area contributed by atoms with Gasteiger partial charge < -0.3 is 5.23 Å². The van der Waals surface area contributed by atoms with Gasteiger partial charge in [0.05, 0.1) is 0 Å². The molecular formula is C10H14BN. The van der Waals surface area contributed by atoms with Crippen LogP contribution in [0.3, 0.4) is 0 Å². The van der Waals surface area contributed by atoms with Crippen LogP contribution in [-0.4, -0.2) is 14.5 Å². The monoisotopic (exact) mass is 159 g/mol. The lowest BCUT2D eigenvalue weighted by atomic mass is 10.1. The number of benzene rings is 1. The smallest absolute Gasteiger partial charge is 0.177 e. The Bertz CT molecular complexity index is 198. The van der Waals surface area contributed by atoms with E-state index in [1.165, 1.54) is 12.0 Å². The van der Waals surface area contributed by atoms with Crippen molar-refractivity contribution in [2.45, 2.75) is 19.3 Å². The molecule has 1 nitrogen and oxygen atoms in total. The van der Waals surface area contributed by atoms with Gasteiger partial charge in [-0.1, -0.05) is 30.3 Å². The number of aryl methyl sites for hydroxylation is 1. The molecule has 0 amide bonds. The maximum atomic E-state index is 5.16. The molecule has 1 rings (SSSR count). The number of unbranched alkanes of at least 4 members (excludes halogenated alkanes) is 1. The summed E-state index contributed by atoms with van der Waals surface area (Å²) in [5, 5.41) is 2.65. The quantitative estimate of drug-likeness (QED) is 0.509. The van der Waals surface area contributed by atoms with E-state index >= 15 is 0 Å². The maximum Gasteiger partial charge on any atom is 0.177 e. The lowest BCUT2D eigenvalue weighted by molar-refractivity contribution is 0.720. The lowest BCUT2D eigenvalue weighted by Gasteiger charge is -2.00. The standard InChI is InChI=1S/C10H14BN/c11-12-9-5-4-8-10-6-2-1-3-7-10/h1-3,6-7,12H,4-5,8-9H2. The van der Waals surface area contributed by atoms with Crippen LogP contribution in [0.4, 0.5) is 0 Å². The van der Waals surface area contributed by atoms with Crippen molar-refractivity contribution in [1.29, 1.82) is 0 Å². The minimum Gasteiger partial charge on any atom is -0.366 e. The average Bonchev–Trinajstić information content (AvgIpc) is 2.14. The Labute approximate surface area is 75.6 Å². The van der Waals surface area contributed by atoms with Gasteiger partial charge in [0.1, 0.15) is 0 Å². The first-order valence-corrected chi connectivity index (χ1v) is 4.41.